The number of carbonyl (C=O) groups is 2. The highest BCUT2D eigenvalue weighted by Gasteiger charge is 2.36. The van der Waals surface area contributed by atoms with Crippen molar-refractivity contribution in [3.63, 3.8) is 0 Å². The molecule has 0 aromatic heterocycles. The molecule has 0 bridgehead atoms. The first-order chi connectivity index (χ1) is 15.0. The number of thioether (sulfide) groups is 1. The molecule has 162 valence electrons. The van der Waals surface area contributed by atoms with E-state index in [0.29, 0.717) is 24.0 Å². The lowest BCUT2D eigenvalue weighted by Gasteiger charge is -2.25. The maximum atomic E-state index is 12.9. The molecule has 2 aromatic carbocycles. The molecular weight excluding hydrogens is 636 g/mol. The summed E-state index contributed by atoms with van der Waals surface area (Å²) in [6.07, 6.45) is 7.72. The van der Waals surface area contributed by atoms with E-state index in [9.17, 15) is 9.59 Å². The topological polar surface area (TPSA) is 46.6 Å². The Hall–Kier alpha value is -1.07. The van der Waals surface area contributed by atoms with Crippen molar-refractivity contribution in [2.75, 3.05) is 6.54 Å². The SMILES string of the molecule is O=C1S/C(=C/c2cc(I)c(OCc3ccccc3)c(I)c2)C(=O)N1CC1CCCCC1. The van der Waals surface area contributed by atoms with Gasteiger partial charge in [0.2, 0.25) is 0 Å². The molecule has 0 spiro atoms. The zero-order chi connectivity index (χ0) is 21.8. The Labute approximate surface area is 214 Å². The van der Waals surface area contributed by atoms with Crippen molar-refractivity contribution in [2.45, 2.75) is 38.7 Å². The first-order valence-electron chi connectivity index (χ1n) is 10.4. The molecule has 2 aliphatic rings. The quantitative estimate of drug-likeness (QED) is 0.246. The number of halogens is 2. The molecule has 2 aromatic rings. The lowest BCUT2D eigenvalue weighted by atomic mass is 9.89. The van der Waals surface area contributed by atoms with Crippen LogP contribution in [-0.2, 0) is 11.4 Å². The molecule has 4 nitrogen and oxygen atoms in total. The molecule has 1 heterocycles. The first kappa shape index (κ1) is 23.1. The smallest absolute Gasteiger partial charge is 0.293 e. The maximum absolute atomic E-state index is 12.9. The number of nitrogens with zero attached hydrogens (tertiary/aromatic N) is 1. The summed E-state index contributed by atoms with van der Waals surface area (Å²) < 4.78 is 8.01. The normalized spacial score (nSPS) is 18.8. The van der Waals surface area contributed by atoms with Gasteiger partial charge in [0, 0.05) is 6.54 Å². The van der Waals surface area contributed by atoms with Gasteiger partial charge in [-0.3, -0.25) is 14.5 Å². The van der Waals surface area contributed by atoms with E-state index in [1.54, 1.807) is 0 Å². The molecule has 2 amide bonds. The molecule has 2 fully saturated rings. The minimum absolute atomic E-state index is 0.144. The van der Waals surface area contributed by atoms with Gasteiger partial charge in [-0.2, -0.15) is 0 Å². The van der Waals surface area contributed by atoms with Crippen molar-refractivity contribution in [1.82, 2.24) is 4.90 Å². The van der Waals surface area contributed by atoms with Gasteiger partial charge < -0.3 is 4.74 Å². The maximum Gasteiger partial charge on any atom is 0.293 e. The highest BCUT2D eigenvalue weighted by Crippen LogP contribution is 2.36. The Balaban J connectivity index is 1.46. The molecular formula is C24H23I2NO3S. The van der Waals surface area contributed by atoms with Crippen LogP contribution in [0.5, 0.6) is 5.75 Å². The van der Waals surface area contributed by atoms with Crippen molar-refractivity contribution in [3.8, 4) is 5.75 Å². The largest absolute Gasteiger partial charge is 0.487 e. The summed E-state index contributed by atoms with van der Waals surface area (Å²) in [6, 6.07) is 14.1. The van der Waals surface area contributed by atoms with E-state index in [1.807, 2.05) is 48.5 Å². The summed E-state index contributed by atoms with van der Waals surface area (Å²) in [5, 5.41) is -0.144. The van der Waals surface area contributed by atoms with E-state index in [2.05, 4.69) is 45.2 Å². The fourth-order valence-corrected chi connectivity index (χ4v) is 6.94. The van der Waals surface area contributed by atoms with Crippen LogP contribution in [0, 0.1) is 13.1 Å². The van der Waals surface area contributed by atoms with Crippen LogP contribution in [0.15, 0.2) is 47.4 Å². The lowest BCUT2D eigenvalue weighted by Crippen LogP contribution is -2.34. The van der Waals surface area contributed by atoms with Crippen molar-refractivity contribution >= 4 is 74.2 Å². The highest BCUT2D eigenvalue weighted by atomic mass is 127. The zero-order valence-electron chi connectivity index (χ0n) is 17.0. The Kier molecular flexibility index (Phi) is 7.97. The van der Waals surface area contributed by atoms with Crippen molar-refractivity contribution in [2.24, 2.45) is 5.92 Å². The van der Waals surface area contributed by atoms with Gasteiger partial charge in [0.25, 0.3) is 11.1 Å². The second-order valence-electron chi connectivity index (χ2n) is 7.88. The molecule has 1 aliphatic heterocycles. The molecule has 0 radical (unpaired) electrons. The van der Waals surface area contributed by atoms with Gasteiger partial charge in [0.1, 0.15) is 12.4 Å². The summed E-state index contributed by atoms with van der Waals surface area (Å²) in [7, 11) is 0. The number of amides is 2. The summed E-state index contributed by atoms with van der Waals surface area (Å²) >= 11 is 5.58. The number of hydrogen-bond donors (Lipinski definition) is 0. The minimum atomic E-state index is -0.157. The average Bonchev–Trinajstić information content (AvgIpc) is 3.02. The average molecular weight is 659 g/mol. The van der Waals surface area contributed by atoms with Crippen LogP contribution < -0.4 is 4.74 Å². The fraction of sp³-hybridized carbons (Fsp3) is 0.333. The molecule has 7 heteroatoms. The van der Waals surface area contributed by atoms with E-state index < -0.39 is 0 Å². The van der Waals surface area contributed by atoms with Crippen molar-refractivity contribution in [1.29, 1.82) is 0 Å². The van der Waals surface area contributed by atoms with Crippen molar-refractivity contribution < 1.29 is 14.3 Å². The van der Waals surface area contributed by atoms with Crippen molar-refractivity contribution in [3.05, 3.63) is 65.6 Å². The Morgan fingerprint density at radius 2 is 1.71 bits per heavy atom. The Bertz CT molecular complexity index is 980. The number of rotatable bonds is 6. The standard InChI is InChI=1S/C24H23I2NO3S/c25-19-11-18(12-20(26)22(19)30-15-17-9-5-2-6-10-17)13-21-23(28)27(24(29)31-21)14-16-7-3-1-4-8-16/h2,5-6,9-13,16H,1,3-4,7-8,14-15H2/b21-13+. The summed E-state index contributed by atoms with van der Waals surface area (Å²) in [6.45, 7) is 1.07. The summed E-state index contributed by atoms with van der Waals surface area (Å²) in [5.41, 5.74) is 2.02. The number of hydrogen-bond acceptors (Lipinski definition) is 4. The Morgan fingerprint density at radius 3 is 2.39 bits per heavy atom. The van der Waals surface area contributed by atoms with E-state index in [0.717, 1.165) is 48.6 Å². The van der Waals surface area contributed by atoms with Gasteiger partial charge in [0.15, 0.2) is 0 Å². The zero-order valence-corrected chi connectivity index (χ0v) is 22.1. The molecule has 0 atom stereocenters. The summed E-state index contributed by atoms with van der Waals surface area (Å²) in [5.74, 6) is 1.13. The van der Waals surface area contributed by atoms with Gasteiger partial charge >= 0.3 is 0 Å². The third kappa shape index (κ3) is 5.84. The second kappa shape index (κ2) is 10.7. The minimum Gasteiger partial charge on any atom is -0.487 e. The number of imide groups is 1. The molecule has 1 aliphatic carbocycles. The second-order valence-corrected chi connectivity index (χ2v) is 11.2. The van der Waals surface area contributed by atoms with Crippen LogP contribution in [0.1, 0.15) is 43.2 Å². The third-order valence-electron chi connectivity index (χ3n) is 5.58. The molecule has 1 saturated carbocycles. The molecule has 31 heavy (non-hydrogen) atoms. The lowest BCUT2D eigenvalue weighted by molar-refractivity contribution is -0.123. The molecule has 0 N–H and O–H groups in total. The van der Waals surface area contributed by atoms with Crippen LogP contribution in [-0.4, -0.2) is 22.6 Å². The third-order valence-corrected chi connectivity index (χ3v) is 8.09. The van der Waals surface area contributed by atoms with Crippen LogP contribution >= 0.6 is 56.9 Å². The predicted octanol–water partition coefficient (Wildman–Crippen LogP) is 7.09. The van der Waals surface area contributed by atoms with E-state index >= 15 is 0 Å². The van der Waals surface area contributed by atoms with E-state index in [1.165, 1.54) is 24.2 Å². The number of benzene rings is 2. The van der Waals surface area contributed by atoms with Crippen LogP contribution in [0.2, 0.25) is 0 Å². The molecule has 0 unspecified atom stereocenters. The van der Waals surface area contributed by atoms with Crippen LogP contribution in [0.3, 0.4) is 0 Å². The first-order valence-corrected chi connectivity index (χ1v) is 13.4. The number of carbonyl (C=O) groups excluding carboxylic acids is 2. The van der Waals surface area contributed by atoms with Gasteiger partial charge in [-0.25, -0.2) is 0 Å². The molecule has 1 saturated heterocycles. The van der Waals surface area contributed by atoms with Crippen LogP contribution in [0.4, 0.5) is 4.79 Å². The fourth-order valence-electron chi connectivity index (χ4n) is 3.97. The molecule has 4 rings (SSSR count). The van der Waals surface area contributed by atoms with Gasteiger partial charge in [-0.1, -0.05) is 49.6 Å². The van der Waals surface area contributed by atoms with E-state index in [4.69, 9.17) is 4.74 Å². The highest BCUT2D eigenvalue weighted by molar-refractivity contribution is 14.1. The van der Waals surface area contributed by atoms with E-state index in [-0.39, 0.29) is 11.1 Å². The monoisotopic (exact) mass is 659 g/mol. The van der Waals surface area contributed by atoms with Gasteiger partial charge in [-0.15, -0.1) is 0 Å². The van der Waals surface area contributed by atoms with Gasteiger partial charge in [-0.05, 0) is 105 Å². The van der Waals surface area contributed by atoms with Crippen LogP contribution in [0.25, 0.3) is 6.08 Å². The van der Waals surface area contributed by atoms with Gasteiger partial charge in [0.05, 0.1) is 12.0 Å². The number of ether oxygens (including phenoxy) is 1. The Morgan fingerprint density at radius 1 is 1.03 bits per heavy atom. The predicted molar refractivity (Wildman–Crippen MR) is 142 cm³/mol. The summed E-state index contributed by atoms with van der Waals surface area (Å²) in [4.78, 5) is 27.3.